The SMILES string of the molecule is OC(COCc1ccco1)CN1CCN(Cc2ccco2)CC1. The first-order valence-corrected chi connectivity index (χ1v) is 8.05. The van der Waals surface area contributed by atoms with Gasteiger partial charge in [-0.15, -0.1) is 0 Å². The molecule has 0 bridgehead atoms. The van der Waals surface area contributed by atoms with E-state index in [0.717, 1.165) is 44.2 Å². The Labute approximate surface area is 136 Å². The fourth-order valence-corrected chi connectivity index (χ4v) is 2.79. The van der Waals surface area contributed by atoms with Crippen LogP contribution in [0.1, 0.15) is 11.5 Å². The molecule has 126 valence electrons. The van der Waals surface area contributed by atoms with Crippen LogP contribution in [0.4, 0.5) is 0 Å². The zero-order valence-electron chi connectivity index (χ0n) is 13.3. The van der Waals surface area contributed by atoms with Crippen molar-refractivity contribution in [2.75, 3.05) is 39.3 Å². The van der Waals surface area contributed by atoms with Crippen LogP contribution in [-0.4, -0.2) is 60.3 Å². The van der Waals surface area contributed by atoms with Gasteiger partial charge in [0, 0.05) is 32.7 Å². The van der Waals surface area contributed by atoms with E-state index in [1.807, 2.05) is 24.3 Å². The van der Waals surface area contributed by atoms with E-state index in [9.17, 15) is 5.11 Å². The van der Waals surface area contributed by atoms with Crippen molar-refractivity contribution >= 4 is 0 Å². The summed E-state index contributed by atoms with van der Waals surface area (Å²) in [4.78, 5) is 4.65. The molecule has 6 nitrogen and oxygen atoms in total. The van der Waals surface area contributed by atoms with Crippen molar-refractivity contribution in [3.05, 3.63) is 48.3 Å². The van der Waals surface area contributed by atoms with Crippen LogP contribution in [0.25, 0.3) is 0 Å². The van der Waals surface area contributed by atoms with Crippen molar-refractivity contribution in [3.63, 3.8) is 0 Å². The highest BCUT2D eigenvalue weighted by Crippen LogP contribution is 2.09. The minimum absolute atomic E-state index is 0.327. The quantitative estimate of drug-likeness (QED) is 0.796. The van der Waals surface area contributed by atoms with Gasteiger partial charge in [-0.1, -0.05) is 0 Å². The molecule has 2 aromatic rings. The van der Waals surface area contributed by atoms with Gasteiger partial charge in [0.25, 0.3) is 0 Å². The number of rotatable bonds is 8. The summed E-state index contributed by atoms with van der Waals surface area (Å²) < 4.78 is 16.1. The summed E-state index contributed by atoms with van der Waals surface area (Å²) in [5.41, 5.74) is 0. The first-order chi connectivity index (χ1) is 11.3. The summed E-state index contributed by atoms with van der Waals surface area (Å²) in [6, 6.07) is 7.62. The van der Waals surface area contributed by atoms with E-state index < -0.39 is 6.10 Å². The lowest BCUT2D eigenvalue weighted by molar-refractivity contribution is -0.00343. The van der Waals surface area contributed by atoms with Gasteiger partial charge in [-0.2, -0.15) is 0 Å². The third kappa shape index (κ3) is 5.21. The molecule has 1 aliphatic heterocycles. The van der Waals surface area contributed by atoms with Crippen molar-refractivity contribution < 1.29 is 18.7 Å². The summed E-state index contributed by atoms with van der Waals surface area (Å²) in [6.07, 6.45) is 2.86. The highest BCUT2D eigenvalue weighted by molar-refractivity contribution is 4.98. The Morgan fingerprint density at radius 1 is 1.00 bits per heavy atom. The van der Waals surface area contributed by atoms with Gasteiger partial charge in [-0.3, -0.25) is 9.80 Å². The van der Waals surface area contributed by atoms with E-state index >= 15 is 0 Å². The van der Waals surface area contributed by atoms with Crippen LogP contribution in [0, 0.1) is 0 Å². The van der Waals surface area contributed by atoms with Gasteiger partial charge in [-0.05, 0) is 24.3 Å². The summed E-state index contributed by atoms with van der Waals surface area (Å²) >= 11 is 0. The molecule has 1 unspecified atom stereocenters. The predicted molar refractivity (Wildman–Crippen MR) is 84.8 cm³/mol. The van der Waals surface area contributed by atoms with Crippen molar-refractivity contribution in [1.29, 1.82) is 0 Å². The summed E-state index contributed by atoms with van der Waals surface area (Å²) in [5.74, 6) is 1.79. The van der Waals surface area contributed by atoms with Crippen molar-refractivity contribution in [1.82, 2.24) is 9.80 Å². The second-order valence-corrected chi connectivity index (χ2v) is 5.90. The number of nitrogens with zero attached hydrogens (tertiary/aromatic N) is 2. The van der Waals surface area contributed by atoms with Crippen molar-refractivity contribution in [2.45, 2.75) is 19.3 Å². The lowest BCUT2D eigenvalue weighted by atomic mass is 10.2. The van der Waals surface area contributed by atoms with Gasteiger partial charge >= 0.3 is 0 Å². The lowest BCUT2D eigenvalue weighted by Crippen LogP contribution is -2.48. The molecule has 1 atom stereocenters. The van der Waals surface area contributed by atoms with Gasteiger partial charge in [0.1, 0.15) is 18.1 Å². The molecule has 0 aromatic carbocycles. The number of ether oxygens (including phenoxy) is 1. The molecule has 0 spiro atoms. The Morgan fingerprint density at radius 2 is 1.65 bits per heavy atom. The normalized spacial score (nSPS) is 18.3. The second-order valence-electron chi connectivity index (χ2n) is 5.90. The Balaban J connectivity index is 1.30. The third-order valence-electron chi connectivity index (χ3n) is 4.03. The molecule has 2 aromatic heterocycles. The molecule has 23 heavy (non-hydrogen) atoms. The van der Waals surface area contributed by atoms with Gasteiger partial charge in [0.15, 0.2) is 0 Å². The van der Waals surface area contributed by atoms with Gasteiger partial charge in [0.2, 0.25) is 0 Å². The number of furan rings is 2. The highest BCUT2D eigenvalue weighted by atomic mass is 16.5. The minimum atomic E-state index is -0.471. The Bertz CT molecular complexity index is 533. The van der Waals surface area contributed by atoms with Crippen LogP contribution < -0.4 is 0 Å². The molecular weight excluding hydrogens is 296 g/mol. The Morgan fingerprint density at radius 3 is 2.30 bits per heavy atom. The maximum absolute atomic E-state index is 10.1. The van der Waals surface area contributed by atoms with Crippen LogP contribution in [0.2, 0.25) is 0 Å². The standard InChI is InChI=1S/C17H24N2O4/c20-15(13-21-14-17-4-2-10-23-17)11-18-5-7-19(8-6-18)12-16-3-1-9-22-16/h1-4,9-10,15,20H,5-8,11-14H2. The zero-order chi connectivity index (χ0) is 15.9. The van der Waals surface area contributed by atoms with E-state index in [1.165, 1.54) is 0 Å². The summed E-state index contributed by atoms with van der Waals surface area (Å²) in [6.45, 7) is 6.12. The lowest BCUT2D eigenvalue weighted by Gasteiger charge is -2.35. The first kappa shape index (κ1) is 16.3. The Hall–Kier alpha value is -1.60. The zero-order valence-corrected chi connectivity index (χ0v) is 13.3. The molecule has 0 amide bonds. The van der Waals surface area contributed by atoms with Crippen LogP contribution in [-0.2, 0) is 17.9 Å². The van der Waals surface area contributed by atoms with E-state index in [1.54, 1.807) is 12.5 Å². The molecular formula is C17H24N2O4. The number of β-amino-alcohol motifs (C(OH)–C–C–N with tert-alkyl or cyclic N) is 1. The molecule has 1 fully saturated rings. The van der Waals surface area contributed by atoms with E-state index in [0.29, 0.717) is 19.8 Å². The van der Waals surface area contributed by atoms with Crippen molar-refractivity contribution in [2.24, 2.45) is 0 Å². The minimum Gasteiger partial charge on any atom is -0.468 e. The fourth-order valence-electron chi connectivity index (χ4n) is 2.79. The predicted octanol–water partition coefficient (Wildman–Crippen LogP) is 1.57. The summed E-state index contributed by atoms with van der Waals surface area (Å²) in [5, 5.41) is 10.1. The van der Waals surface area contributed by atoms with E-state index in [2.05, 4.69) is 9.80 Å². The highest BCUT2D eigenvalue weighted by Gasteiger charge is 2.20. The van der Waals surface area contributed by atoms with Crippen LogP contribution in [0.15, 0.2) is 45.6 Å². The number of aliphatic hydroxyl groups excluding tert-OH is 1. The molecule has 0 saturated carbocycles. The van der Waals surface area contributed by atoms with Gasteiger partial charge < -0.3 is 18.7 Å². The average Bonchev–Trinajstić information content (AvgIpc) is 3.23. The molecule has 3 heterocycles. The molecule has 1 saturated heterocycles. The van der Waals surface area contributed by atoms with Crippen molar-refractivity contribution in [3.8, 4) is 0 Å². The number of hydrogen-bond acceptors (Lipinski definition) is 6. The Kier molecular flexibility index (Phi) is 5.87. The first-order valence-electron chi connectivity index (χ1n) is 8.05. The molecule has 3 rings (SSSR count). The van der Waals surface area contributed by atoms with E-state index in [4.69, 9.17) is 13.6 Å². The van der Waals surface area contributed by atoms with E-state index in [-0.39, 0.29) is 0 Å². The van der Waals surface area contributed by atoms with Gasteiger partial charge in [0.05, 0.1) is 31.8 Å². The molecule has 6 heteroatoms. The summed E-state index contributed by atoms with van der Waals surface area (Å²) in [7, 11) is 0. The number of piperazine rings is 1. The third-order valence-corrected chi connectivity index (χ3v) is 4.03. The number of hydrogen-bond donors (Lipinski definition) is 1. The van der Waals surface area contributed by atoms with Gasteiger partial charge in [-0.25, -0.2) is 0 Å². The monoisotopic (exact) mass is 320 g/mol. The topological polar surface area (TPSA) is 62.2 Å². The van der Waals surface area contributed by atoms with Crippen LogP contribution >= 0.6 is 0 Å². The molecule has 0 radical (unpaired) electrons. The number of aliphatic hydroxyl groups is 1. The average molecular weight is 320 g/mol. The maximum Gasteiger partial charge on any atom is 0.129 e. The maximum atomic E-state index is 10.1. The van der Waals surface area contributed by atoms with Crippen LogP contribution in [0.3, 0.4) is 0 Å². The molecule has 0 aliphatic carbocycles. The fraction of sp³-hybridized carbons (Fsp3) is 0.529. The molecule has 1 N–H and O–H groups in total. The van der Waals surface area contributed by atoms with Crippen LogP contribution in [0.5, 0.6) is 0 Å². The molecule has 1 aliphatic rings. The second kappa shape index (κ2) is 8.31. The smallest absolute Gasteiger partial charge is 0.129 e. The largest absolute Gasteiger partial charge is 0.468 e.